The second-order valence-corrected chi connectivity index (χ2v) is 5.16. The number of hydrogen-bond acceptors (Lipinski definition) is 5. The lowest BCUT2D eigenvalue weighted by Gasteiger charge is -2.37. The molecule has 2 atom stereocenters. The van der Waals surface area contributed by atoms with Crippen molar-refractivity contribution >= 4 is 23.4 Å². The highest BCUT2D eigenvalue weighted by Gasteiger charge is 2.34. The van der Waals surface area contributed by atoms with Gasteiger partial charge in [0.05, 0.1) is 10.4 Å². The molecule has 2 rings (SSSR count). The molecule has 0 aliphatic heterocycles. The average Bonchev–Trinajstić information content (AvgIpc) is 2.40. The van der Waals surface area contributed by atoms with Crippen LogP contribution in [0.4, 0.5) is 5.69 Å². The topological polar surface area (TPSA) is 87.4 Å². The molecule has 1 aromatic carbocycles. The summed E-state index contributed by atoms with van der Waals surface area (Å²) in [5.41, 5.74) is 7.39. The Labute approximate surface area is 122 Å². The Morgan fingerprint density at radius 1 is 1.50 bits per heavy atom. The van der Waals surface area contributed by atoms with E-state index in [1.165, 1.54) is 17.6 Å². The lowest BCUT2D eigenvalue weighted by Crippen LogP contribution is -2.46. The summed E-state index contributed by atoms with van der Waals surface area (Å²) in [6.07, 6.45) is 2.32. The largest absolute Gasteiger partial charge is 0.376 e. The zero-order valence-electron chi connectivity index (χ0n) is 10.9. The molecule has 20 heavy (non-hydrogen) atoms. The van der Waals surface area contributed by atoms with Crippen molar-refractivity contribution in [2.75, 3.05) is 0 Å². The zero-order chi connectivity index (χ0) is 14.5. The predicted molar refractivity (Wildman–Crippen MR) is 79.1 cm³/mol. The van der Waals surface area contributed by atoms with E-state index < -0.39 is 11.2 Å². The van der Waals surface area contributed by atoms with Crippen LogP contribution in [0.2, 0.25) is 0 Å². The number of nitro benzene ring substituents is 1. The van der Waals surface area contributed by atoms with Gasteiger partial charge in [0.15, 0.2) is 0 Å². The van der Waals surface area contributed by atoms with Crippen molar-refractivity contribution in [1.29, 1.82) is 0 Å². The third kappa shape index (κ3) is 3.30. The molecule has 0 amide bonds. The molecule has 0 spiro atoms. The normalized spacial score (nSPS) is 17.9. The fourth-order valence-electron chi connectivity index (χ4n) is 2.57. The van der Waals surface area contributed by atoms with Crippen LogP contribution >= 0.6 is 12.2 Å². The number of nitrogens with one attached hydrogen (secondary N) is 2. The van der Waals surface area contributed by atoms with Gasteiger partial charge in [-0.15, -0.1) is 0 Å². The van der Waals surface area contributed by atoms with Crippen LogP contribution in [0.15, 0.2) is 24.3 Å². The van der Waals surface area contributed by atoms with E-state index in [0.717, 1.165) is 24.8 Å². The van der Waals surface area contributed by atoms with Gasteiger partial charge in [-0.05, 0) is 24.3 Å². The summed E-state index contributed by atoms with van der Waals surface area (Å²) in [6, 6.07) is 6.46. The maximum Gasteiger partial charge on any atom is 0.269 e. The van der Waals surface area contributed by atoms with E-state index in [0.29, 0.717) is 5.92 Å². The Morgan fingerprint density at radius 2 is 2.25 bits per heavy atom. The Morgan fingerprint density at radius 3 is 2.80 bits per heavy atom. The molecular weight excluding hydrogens is 278 g/mol. The van der Waals surface area contributed by atoms with Crippen LogP contribution in [0.25, 0.3) is 0 Å². The van der Waals surface area contributed by atoms with E-state index in [1.807, 2.05) is 6.07 Å². The van der Waals surface area contributed by atoms with Crippen LogP contribution in [0.3, 0.4) is 0 Å². The number of benzene rings is 1. The van der Waals surface area contributed by atoms with E-state index in [-0.39, 0.29) is 11.6 Å². The molecule has 1 saturated carbocycles. The van der Waals surface area contributed by atoms with Gasteiger partial charge in [0.25, 0.3) is 5.69 Å². The maximum atomic E-state index is 10.9. The van der Waals surface area contributed by atoms with E-state index in [1.54, 1.807) is 6.07 Å². The van der Waals surface area contributed by atoms with Crippen LogP contribution < -0.4 is 10.9 Å². The lowest BCUT2D eigenvalue weighted by atomic mass is 9.72. The van der Waals surface area contributed by atoms with E-state index in [2.05, 4.69) is 23.1 Å². The summed E-state index contributed by atoms with van der Waals surface area (Å²) in [5, 5.41) is 21.1. The smallest absolute Gasteiger partial charge is 0.269 e. The first kappa shape index (κ1) is 14.8. The van der Waals surface area contributed by atoms with E-state index in [4.69, 9.17) is 0 Å². The number of aliphatic hydroxyl groups excluding tert-OH is 1. The monoisotopic (exact) mass is 295 g/mol. The van der Waals surface area contributed by atoms with Crippen molar-refractivity contribution in [3.8, 4) is 0 Å². The van der Waals surface area contributed by atoms with Gasteiger partial charge in [-0.2, -0.15) is 0 Å². The third-order valence-electron chi connectivity index (χ3n) is 3.75. The number of hydrogen-bond donors (Lipinski definition) is 3. The Hall–Kier alpha value is -1.57. The molecule has 1 aliphatic rings. The highest BCUT2D eigenvalue weighted by atomic mass is 32.1. The summed E-state index contributed by atoms with van der Waals surface area (Å²) < 4.78 is 0. The average molecular weight is 295 g/mol. The first-order valence-corrected chi connectivity index (χ1v) is 6.97. The summed E-state index contributed by atoms with van der Waals surface area (Å²) in [7, 11) is 0. The first-order valence-electron chi connectivity index (χ1n) is 6.50. The number of hydrazine groups is 1. The van der Waals surface area contributed by atoms with Gasteiger partial charge in [-0.1, -0.05) is 30.8 Å². The van der Waals surface area contributed by atoms with E-state index in [9.17, 15) is 15.2 Å². The Balaban J connectivity index is 2.23. The van der Waals surface area contributed by atoms with Crippen molar-refractivity contribution in [1.82, 2.24) is 10.9 Å². The molecular formula is C13H17N3O3S. The molecule has 3 N–H and O–H groups in total. The molecule has 6 nitrogen and oxygen atoms in total. The van der Waals surface area contributed by atoms with Crippen LogP contribution in [-0.2, 0) is 0 Å². The van der Waals surface area contributed by atoms with Gasteiger partial charge in [0, 0.05) is 18.1 Å². The number of rotatable bonds is 7. The first-order chi connectivity index (χ1) is 9.63. The standard InChI is InChI=1S/C13H17N3O3S/c17-13(15-14-8-20)12(9-3-1-4-9)10-5-2-6-11(7-10)16(18)19/h2,5-9,12-13,15,17H,1,3-4H2,(H,14,20). The maximum absolute atomic E-state index is 10.9. The molecule has 1 aliphatic carbocycles. The van der Waals surface area contributed by atoms with Gasteiger partial charge >= 0.3 is 0 Å². The second kappa shape index (κ2) is 6.74. The number of non-ortho nitro benzene ring substituents is 1. The molecule has 7 heteroatoms. The fraction of sp³-hybridized carbons (Fsp3) is 0.462. The predicted octanol–water partition coefficient (Wildman–Crippen LogP) is 1.85. The lowest BCUT2D eigenvalue weighted by molar-refractivity contribution is -0.384. The minimum atomic E-state index is -0.846. The van der Waals surface area contributed by atoms with Crippen molar-refractivity contribution in [2.45, 2.75) is 31.4 Å². The summed E-state index contributed by atoms with van der Waals surface area (Å²) in [6.45, 7) is 0. The van der Waals surface area contributed by atoms with Gasteiger partial charge in [0.2, 0.25) is 0 Å². The molecule has 1 fully saturated rings. The molecule has 2 unspecified atom stereocenters. The van der Waals surface area contributed by atoms with Crippen molar-refractivity contribution in [3.05, 3.63) is 39.9 Å². The molecule has 0 bridgehead atoms. The van der Waals surface area contributed by atoms with Gasteiger partial charge in [-0.25, -0.2) is 5.43 Å². The molecule has 0 heterocycles. The minimum absolute atomic E-state index is 0.0433. The molecule has 1 aromatic rings. The Bertz CT molecular complexity index is 494. The quantitative estimate of drug-likeness (QED) is 0.308. The molecule has 108 valence electrons. The fourth-order valence-corrected chi connectivity index (χ4v) is 2.63. The molecule has 0 aromatic heterocycles. The van der Waals surface area contributed by atoms with Gasteiger partial charge in [0.1, 0.15) is 6.23 Å². The van der Waals surface area contributed by atoms with Crippen LogP contribution in [0.5, 0.6) is 0 Å². The van der Waals surface area contributed by atoms with Gasteiger partial charge < -0.3 is 10.5 Å². The summed E-state index contributed by atoms with van der Waals surface area (Å²) >= 11 is 4.64. The summed E-state index contributed by atoms with van der Waals surface area (Å²) in [5.74, 6) is 0.137. The zero-order valence-corrected chi connectivity index (χ0v) is 11.7. The number of nitrogens with zero attached hydrogens (tertiary/aromatic N) is 1. The van der Waals surface area contributed by atoms with Crippen LogP contribution in [0, 0.1) is 16.0 Å². The summed E-state index contributed by atoms with van der Waals surface area (Å²) in [4.78, 5) is 10.4. The SMILES string of the molecule is O=[N+]([O-])c1cccc(C(C2CCC2)C(O)NNC=S)c1. The second-order valence-electron chi connectivity index (χ2n) is 4.92. The third-order valence-corrected chi connectivity index (χ3v) is 3.87. The van der Waals surface area contributed by atoms with E-state index >= 15 is 0 Å². The van der Waals surface area contributed by atoms with Crippen LogP contribution in [-0.4, -0.2) is 21.7 Å². The highest BCUT2D eigenvalue weighted by Crippen LogP contribution is 2.41. The Kier molecular flexibility index (Phi) is 4.99. The van der Waals surface area contributed by atoms with Gasteiger partial charge in [-0.3, -0.25) is 10.1 Å². The number of thiocarbonyl (C=S) groups is 1. The van der Waals surface area contributed by atoms with Crippen molar-refractivity contribution < 1.29 is 10.0 Å². The number of nitro groups is 1. The van der Waals surface area contributed by atoms with Crippen molar-refractivity contribution in [3.63, 3.8) is 0 Å². The molecule has 0 saturated heterocycles. The van der Waals surface area contributed by atoms with Crippen molar-refractivity contribution in [2.24, 2.45) is 5.92 Å². The molecule has 0 radical (unpaired) electrons. The van der Waals surface area contributed by atoms with Crippen LogP contribution in [0.1, 0.15) is 30.7 Å². The number of aliphatic hydroxyl groups is 1. The highest BCUT2D eigenvalue weighted by molar-refractivity contribution is 7.78. The minimum Gasteiger partial charge on any atom is -0.376 e.